The number of ether oxygens (including phenoxy) is 1. The van der Waals surface area contributed by atoms with Gasteiger partial charge in [-0.1, -0.05) is 12.8 Å². The summed E-state index contributed by atoms with van der Waals surface area (Å²) in [5.41, 5.74) is 0. The van der Waals surface area contributed by atoms with E-state index in [4.69, 9.17) is 4.74 Å². The molecule has 2 nitrogen and oxygen atoms in total. The van der Waals surface area contributed by atoms with Gasteiger partial charge < -0.3 is 10.1 Å². The predicted molar refractivity (Wildman–Crippen MR) is 56.0 cm³/mol. The van der Waals surface area contributed by atoms with Gasteiger partial charge in [-0.2, -0.15) is 0 Å². The third kappa shape index (κ3) is 5.27. The van der Waals surface area contributed by atoms with Crippen molar-refractivity contribution in [1.82, 2.24) is 5.32 Å². The van der Waals surface area contributed by atoms with Crippen LogP contribution in [0.4, 0.5) is 0 Å². The van der Waals surface area contributed by atoms with Gasteiger partial charge in [0.05, 0.1) is 0 Å². The summed E-state index contributed by atoms with van der Waals surface area (Å²) in [4.78, 5) is 0. The summed E-state index contributed by atoms with van der Waals surface area (Å²) in [7, 11) is 1.78. The van der Waals surface area contributed by atoms with Crippen LogP contribution in [0, 0.1) is 0 Å². The lowest BCUT2D eigenvalue weighted by atomic mass is 10.0. The van der Waals surface area contributed by atoms with Crippen molar-refractivity contribution in [3.63, 3.8) is 0 Å². The molecule has 0 aromatic heterocycles. The topological polar surface area (TPSA) is 21.3 Å². The Balaban J connectivity index is 1.98. The minimum absolute atomic E-state index is 0.791. The number of methoxy groups -OCH3 is 1. The molecule has 2 heteroatoms. The van der Waals surface area contributed by atoms with E-state index in [1.165, 1.54) is 51.5 Å². The zero-order valence-electron chi connectivity index (χ0n) is 8.85. The summed E-state index contributed by atoms with van der Waals surface area (Å²) in [6.07, 6.45) is 9.45. The van der Waals surface area contributed by atoms with Gasteiger partial charge in [0.2, 0.25) is 0 Å². The molecule has 0 aliphatic carbocycles. The summed E-state index contributed by atoms with van der Waals surface area (Å²) >= 11 is 0. The van der Waals surface area contributed by atoms with E-state index in [1.807, 2.05) is 0 Å². The van der Waals surface area contributed by atoms with Gasteiger partial charge in [0.25, 0.3) is 0 Å². The molecule has 78 valence electrons. The summed E-state index contributed by atoms with van der Waals surface area (Å²) < 4.78 is 5.04. The molecule has 13 heavy (non-hydrogen) atoms. The maximum Gasteiger partial charge on any atom is 0.0462 e. The van der Waals surface area contributed by atoms with E-state index in [1.54, 1.807) is 7.11 Å². The van der Waals surface area contributed by atoms with Crippen LogP contribution in [0.2, 0.25) is 0 Å². The molecule has 0 aromatic rings. The van der Waals surface area contributed by atoms with E-state index < -0.39 is 0 Å². The van der Waals surface area contributed by atoms with Gasteiger partial charge in [0, 0.05) is 19.8 Å². The number of rotatable bonds is 5. The maximum absolute atomic E-state index is 5.04. The molecule has 1 N–H and O–H groups in total. The number of unbranched alkanes of at least 4 members (excludes halogenated alkanes) is 1. The highest BCUT2D eigenvalue weighted by atomic mass is 16.5. The van der Waals surface area contributed by atoms with E-state index >= 15 is 0 Å². The summed E-state index contributed by atoms with van der Waals surface area (Å²) in [6.45, 7) is 2.15. The number of nitrogens with one attached hydrogen (secondary N) is 1. The molecule has 1 aliphatic rings. The average molecular weight is 185 g/mol. The molecule has 0 aromatic carbocycles. The Bertz CT molecular complexity index is 109. The zero-order valence-corrected chi connectivity index (χ0v) is 8.85. The van der Waals surface area contributed by atoms with Crippen molar-refractivity contribution in [2.75, 3.05) is 20.3 Å². The standard InChI is InChI=1S/C11H23NO/c1-13-10-6-4-8-11-7-3-2-5-9-12-11/h11-12H,2-10H2,1H3. The fourth-order valence-electron chi connectivity index (χ4n) is 1.98. The first-order chi connectivity index (χ1) is 6.43. The molecule has 1 aliphatic heterocycles. The van der Waals surface area contributed by atoms with E-state index in [0.29, 0.717) is 0 Å². The minimum atomic E-state index is 0.791. The van der Waals surface area contributed by atoms with Gasteiger partial charge in [0.15, 0.2) is 0 Å². The molecule has 0 bridgehead atoms. The molecule has 1 heterocycles. The highest BCUT2D eigenvalue weighted by molar-refractivity contribution is 4.70. The predicted octanol–water partition coefficient (Wildman–Crippen LogP) is 2.34. The van der Waals surface area contributed by atoms with Crippen LogP contribution in [0.15, 0.2) is 0 Å². The second-order valence-corrected chi connectivity index (χ2v) is 3.99. The van der Waals surface area contributed by atoms with Crippen LogP contribution < -0.4 is 5.32 Å². The first-order valence-electron chi connectivity index (χ1n) is 5.66. The lowest BCUT2D eigenvalue weighted by Crippen LogP contribution is -2.27. The fraction of sp³-hybridized carbons (Fsp3) is 1.00. The lowest BCUT2D eigenvalue weighted by Gasteiger charge is -2.14. The largest absolute Gasteiger partial charge is 0.385 e. The summed E-state index contributed by atoms with van der Waals surface area (Å²) in [6, 6.07) is 0.791. The second-order valence-electron chi connectivity index (χ2n) is 3.99. The zero-order chi connectivity index (χ0) is 9.36. The van der Waals surface area contributed by atoms with E-state index in [0.717, 1.165) is 12.6 Å². The Morgan fingerprint density at radius 2 is 2.15 bits per heavy atom. The van der Waals surface area contributed by atoms with Crippen molar-refractivity contribution in [2.45, 2.75) is 51.0 Å². The molecule has 1 rings (SSSR count). The highest BCUT2D eigenvalue weighted by Gasteiger charge is 2.09. The van der Waals surface area contributed by atoms with Crippen LogP contribution in [-0.4, -0.2) is 26.3 Å². The quantitative estimate of drug-likeness (QED) is 0.664. The lowest BCUT2D eigenvalue weighted by molar-refractivity contribution is 0.190. The second kappa shape index (κ2) is 7.34. The van der Waals surface area contributed by atoms with Gasteiger partial charge in [-0.05, 0) is 38.6 Å². The van der Waals surface area contributed by atoms with E-state index in [9.17, 15) is 0 Å². The fourth-order valence-corrected chi connectivity index (χ4v) is 1.98. The van der Waals surface area contributed by atoms with Crippen LogP contribution in [-0.2, 0) is 4.74 Å². The van der Waals surface area contributed by atoms with Crippen LogP contribution in [0.1, 0.15) is 44.9 Å². The normalized spacial score (nSPS) is 24.2. The van der Waals surface area contributed by atoms with Crippen molar-refractivity contribution < 1.29 is 4.74 Å². The monoisotopic (exact) mass is 185 g/mol. The Morgan fingerprint density at radius 1 is 1.23 bits per heavy atom. The molecule has 1 unspecified atom stereocenters. The van der Waals surface area contributed by atoms with E-state index in [-0.39, 0.29) is 0 Å². The van der Waals surface area contributed by atoms with E-state index in [2.05, 4.69) is 5.32 Å². The van der Waals surface area contributed by atoms with Crippen LogP contribution in [0.5, 0.6) is 0 Å². The van der Waals surface area contributed by atoms with Gasteiger partial charge in [-0.25, -0.2) is 0 Å². The average Bonchev–Trinajstić information content (AvgIpc) is 2.41. The first kappa shape index (κ1) is 11.0. The van der Waals surface area contributed by atoms with Gasteiger partial charge in [-0.15, -0.1) is 0 Å². The van der Waals surface area contributed by atoms with Crippen molar-refractivity contribution in [3.05, 3.63) is 0 Å². The Hall–Kier alpha value is -0.0800. The molecule has 0 radical (unpaired) electrons. The number of hydrogen-bond donors (Lipinski definition) is 1. The Kier molecular flexibility index (Phi) is 6.21. The third-order valence-corrected chi connectivity index (χ3v) is 2.81. The number of hydrogen-bond acceptors (Lipinski definition) is 2. The van der Waals surface area contributed by atoms with Crippen LogP contribution in [0.25, 0.3) is 0 Å². The van der Waals surface area contributed by atoms with Crippen molar-refractivity contribution >= 4 is 0 Å². The molecule has 0 saturated carbocycles. The van der Waals surface area contributed by atoms with Crippen LogP contribution in [0.3, 0.4) is 0 Å². The Morgan fingerprint density at radius 3 is 3.00 bits per heavy atom. The summed E-state index contributed by atoms with van der Waals surface area (Å²) in [5.74, 6) is 0. The van der Waals surface area contributed by atoms with Crippen molar-refractivity contribution in [1.29, 1.82) is 0 Å². The van der Waals surface area contributed by atoms with Crippen molar-refractivity contribution in [2.24, 2.45) is 0 Å². The maximum atomic E-state index is 5.04. The molecule has 1 fully saturated rings. The SMILES string of the molecule is COCCCCC1CCCCCN1. The molecule has 0 spiro atoms. The molecule has 0 amide bonds. The highest BCUT2D eigenvalue weighted by Crippen LogP contribution is 2.13. The van der Waals surface area contributed by atoms with Gasteiger partial charge in [-0.3, -0.25) is 0 Å². The smallest absolute Gasteiger partial charge is 0.0462 e. The molecule has 1 saturated heterocycles. The first-order valence-corrected chi connectivity index (χ1v) is 5.66. The Labute approximate surface area is 82.0 Å². The minimum Gasteiger partial charge on any atom is -0.385 e. The van der Waals surface area contributed by atoms with Crippen molar-refractivity contribution in [3.8, 4) is 0 Å². The van der Waals surface area contributed by atoms with Gasteiger partial charge in [0.1, 0.15) is 0 Å². The third-order valence-electron chi connectivity index (χ3n) is 2.81. The molecular weight excluding hydrogens is 162 g/mol. The van der Waals surface area contributed by atoms with Gasteiger partial charge >= 0.3 is 0 Å². The molecular formula is C11H23NO. The summed E-state index contributed by atoms with van der Waals surface area (Å²) in [5, 5.41) is 3.62. The molecule has 1 atom stereocenters. The van der Waals surface area contributed by atoms with Crippen LogP contribution >= 0.6 is 0 Å².